The average molecular weight is 516 g/mol. The van der Waals surface area contributed by atoms with Gasteiger partial charge in [0.15, 0.2) is 0 Å². The number of halogens is 1. The number of methoxy groups -OCH3 is 1. The minimum absolute atomic E-state index is 0.0917. The van der Waals surface area contributed by atoms with Gasteiger partial charge in [0.2, 0.25) is 11.8 Å². The molecule has 37 heavy (non-hydrogen) atoms. The summed E-state index contributed by atoms with van der Waals surface area (Å²) in [7, 11) is 3.31. The first-order valence-corrected chi connectivity index (χ1v) is 13.3. The average Bonchev–Trinajstić information content (AvgIpc) is 2.88. The fourth-order valence-electron chi connectivity index (χ4n) is 5.03. The van der Waals surface area contributed by atoms with Crippen LogP contribution in [0.15, 0.2) is 23.8 Å². The lowest BCUT2D eigenvalue weighted by Gasteiger charge is -2.31. The second-order valence-electron chi connectivity index (χ2n) is 10.3. The summed E-state index contributed by atoms with van der Waals surface area (Å²) in [6, 6.07) is 4.50. The van der Waals surface area contributed by atoms with E-state index in [-0.39, 0.29) is 31.3 Å². The summed E-state index contributed by atoms with van der Waals surface area (Å²) in [4.78, 5) is 41.0. The normalized spacial score (nSPS) is 21.7. The first kappa shape index (κ1) is 27.3. The van der Waals surface area contributed by atoms with E-state index < -0.39 is 18.1 Å². The number of benzene rings is 1. The maximum Gasteiger partial charge on any atom is 0.255 e. The zero-order valence-corrected chi connectivity index (χ0v) is 21.8. The maximum atomic E-state index is 14.7. The number of nitrogens with one attached hydrogen (secondary N) is 1. The number of nitrogens with zero attached hydrogens (tertiary/aromatic N) is 2. The molecule has 2 atom stereocenters. The molecule has 2 aliphatic heterocycles. The van der Waals surface area contributed by atoms with Crippen LogP contribution in [0.5, 0.6) is 5.75 Å². The summed E-state index contributed by atoms with van der Waals surface area (Å²) in [6.45, 7) is 2.41. The highest BCUT2D eigenvalue weighted by Crippen LogP contribution is 2.30. The van der Waals surface area contributed by atoms with Crippen LogP contribution in [0.2, 0.25) is 0 Å². The molecular weight excluding hydrogens is 477 g/mol. The Morgan fingerprint density at radius 2 is 1.97 bits per heavy atom. The van der Waals surface area contributed by atoms with E-state index in [0.29, 0.717) is 30.4 Å². The molecule has 3 fully saturated rings. The standard InChI is InChI=1S/C28H38FN3O5/c1-31(25-8-9-26(33)30-27(25)34)28(35)24-17-23(7-6-20(24)16-19-4-3-5-19)37-18-21(29)10-13-32-14-11-22(36-2)12-15-32/h6-7,16-17,21-22,25H,3-5,8-15,18H2,1-2H3,(H,30,33,34). The van der Waals surface area contributed by atoms with Crippen LogP contribution < -0.4 is 10.1 Å². The monoisotopic (exact) mass is 515 g/mol. The van der Waals surface area contributed by atoms with Gasteiger partial charge in [0.1, 0.15) is 24.6 Å². The van der Waals surface area contributed by atoms with Gasteiger partial charge in [-0.15, -0.1) is 0 Å². The van der Waals surface area contributed by atoms with Gasteiger partial charge >= 0.3 is 0 Å². The molecule has 3 amide bonds. The lowest BCUT2D eigenvalue weighted by molar-refractivity contribution is -0.136. The summed E-state index contributed by atoms with van der Waals surface area (Å²) < 4.78 is 25.8. The lowest BCUT2D eigenvalue weighted by atomic mass is 9.89. The largest absolute Gasteiger partial charge is 0.491 e. The number of rotatable bonds is 10. The van der Waals surface area contributed by atoms with Crippen LogP contribution in [0.4, 0.5) is 4.39 Å². The number of carbonyl (C=O) groups is 3. The van der Waals surface area contributed by atoms with Crippen molar-refractivity contribution in [3.63, 3.8) is 0 Å². The smallest absolute Gasteiger partial charge is 0.255 e. The zero-order chi connectivity index (χ0) is 26.4. The molecule has 1 aromatic rings. The van der Waals surface area contributed by atoms with E-state index in [1.807, 2.05) is 12.1 Å². The number of likely N-dealkylation sites (N-methyl/N-ethyl adjacent to an activating group) is 1. The molecule has 8 nitrogen and oxygen atoms in total. The van der Waals surface area contributed by atoms with Crippen LogP contribution in [0.25, 0.3) is 6.08 Å². The summed E-state index contributed by atoms with van der Waals surface area (Å²) in [5.74, 6) is -0.708. The molecule has 2 unspecified atom stereocenters. The van der Waals surface area contributed by atoms with E-state index in [1.165, 1.54) is 10.5 Å². The fourth-order valence-corrected chi connectivity index (χ4v) is 5.03. The predicted octanol–water partition coefficient (Wildman–Crippen LogP) is 3.35. The molecule has 0 bridgehead atoms. The summed E-state index contributed by atoms with van der Waals surface area (Å²) >= 11 is 0. The van der Waals surface area contributed by atoms with Gasteiger partial charge in [0.05, 0.1) is 11.7 Å². The van der Waals surface area contributed by atoms with Crippen molar-refractivity contribution in [2.75, 3.05) is 40.4 Å². The number of amides is 3. The third-order valence-electron chi connectivity index (χ3n) is 7.67. The molecule has 1 aliphatic carbocycles. The van der Waals surface area contributed by atoms with Crippen LogP contribution >= 0.6 is 0 Å². The summed E-state index contributed by atoms with van der Waals surface area (Å²) in [5.41, 5.74) is 2.42. The lowest BCUT2D eigenvalue weighted by Crippen LogP contribution is -2.53. The van der Waals surface area contributed by atoms with Crippen LogP contribution in [0.1, 0.15) is 67.3 Å². The highest BCUT2D eigenvalue weighted by atomic mass is 19.1. The van der Waals surface area contributed by atoms with Gasteiger partial charge < -0.3 is 19.3 Å². The van der Waals surface area contributed by atoms with Gasteiger partial charge in [-0.1, -0.05) is 17.7 Å². The minimum Gasteiger partial charge on any atom is -0.491 e. The molecule has 3 aliphatic rings. The number of likely N-dealkylation sites (tertiary alicyclic amines) is 1. The molecule has 2 heterocycles. The molecule has 9 heteroatoms. The number of piperidine rings is 2. The van der Waals surface area contributed by atoms with E-state index in [4.69, 9.17) is 9.47 Å². The number of alkyl halides is 1. The van der Waals surface area contributed by atoms with Gasteiger partial charge in [-0.2, -0.15) is 0 Å². The second-order valence-corrected chi connectivity index (χ2v) is 10.3. The zero-order valence-electron chi connectivity index (χ0n) is 21.8. The Hall–Kier alpha value is -2.78. The Balaban J connectivity index is 1.38. The Labute approximate surface area is 218 Å². The van der Waals surface area contributed by atoms with Crippen LogP contribution in [-0.4, -0.2) is 86.2 Å². The molecule has 1 saturated carbocycles. The summed E-state index contributed by atoms with van der Waals surface area (Å²) in [6.07, 6.45) is 7.12. The van der Waals surface area contributed by atoms with Crippen molar-refractivity contribution >= 4 is 23.8 Å². The Morgan fingerprint density at radius 3 is 2.62 bits per heavy atom. The van der Waals surface area contributed by atoms with Crippen molar-refractivity contribution < 1.29 is 28.2 Å². The molecule has 1 N–H and O–H groups in total. The molecule has 4 rings (SSSR count). The summed E-state index contributed by atoms with van der Waals surface area (Å²) in [5, 5.41) is 2.31. The number of ether oxygens (including phenoxy) is 2. The molecular formula is C28H38FN3O5. The van der Waals surface area contributed by atoms with Crippen molar-refractivity contribution in [1.82, 2.24) is 15.1 Å². The van der Waals surface area contributed by atoms with Gasteiger partial charge in [-0.3, -0.25) is 19.7 Å². The minimum atomic E-state index is -1.12. The molecule has 2 saturated heterocycles. The van der Waals surface area contributed by atoms with Crippen molar-refractivity contribution in [3.8, 4) is 5.75 Å². The van der Waals surface area contributed by atoms with Crippen LogP contribution in [-0.2, 0) is 14.3 Å². The quantitative estimate of drug-likeness (QED) is 0.481. The Morgan fingerprint density at radius 1 is 1.22 bits per heavy atom. The van der Waals surface area contributed by atoms with Gasteiger partial charge in [0.25, 0.3) is 5.91 Å². The van der Waals surface area contributed by atoms with Crippen LogP contribution in [0.3, 0.4) is 0 Å². The Bertz CT molecular complexity index is 1020. The van der Waals surface area contributed by atoms with Crippen molar-refractivity contribution in [1.29, 1.82) is 0 Å². The van der Waals surface area contributed by atoms with Crippen molar-refractivity contribution in [2.45, 2.75) is 69.7 Å². The third kappa shape index (κ3) is 7.17. The Kier molecular flexibility index (Phi) is 9.32. The third-order valence-corrected chi connectivity index (χ3v) is 7.67. The highest BCUT2D eigenvalue weighted by molar-refractivity contribution is 6.04. The number of carbonyl (C=O) groups excluding carboxylic acids is 3. The number of imide groups is 1. The van der Waals surface area contributed by atoms with Gasteiger partial charge in [-0.25, -0.2) is 4.39 Å². The van der Waals surface area contributed by atoms with Gasteiger partial charge in [-0.05, 0) is 62.6 Å². The first-order valence-electron chi connectivity index (χ1n) is 13.3. The van der Waals surface area contributed by atoms with Crippen molar-refractivity contribution in [3.05, 3.63) is 34.9 Å². The molecule has 0 aromatic heterocycles. The van der Waals surface area contributed by atoms with E-state index in [1.54, 1.807) is 26.3 Å². The molecule has 1 aromatic carbocycles. The first-order chi connectivity index (χ1) is 17.8. The van der Waals surface area contributed by atoms with E-state index in [2.05, 4.69) is 10.2 Å². The molecule has 0 radical (unpaired) electrons. The fraction of sp³-hybridized carbons (Fsp3) is 0.607. The number of hydrogen-bond acceptors (Lipinski definition) is 6. The van der Waals surface area contributed by atoms with E-state index >= 15 is 0 Å². The maximum absolute atomic E-state index is 14.7. The highest BCUT2D eigenvalue weighted by Gasteiger charge is 2.33. The predicted molar refractivity (Wildman–Crippen MR) is 138 cm³/mol. The topological polar surface area (TPSA) is 88.2 Å². The van der Waals surface area contributed by atoms with Crippen LogP contribution in [0, 0.1) is 0 Å². The van der Waals surface area contributed by atoms with Gasteiger partial charge in [0, 0.05) is 40.2 Å². The van der Waals surface area contributed by atoms with E-state index in [9.17, 15) is 18.8 Å². The number of allylic oxidation sites excluding steroid dienone is 1. The number of hydrogen-bond donors (Lipinski definition) is 1. The van der Waals surface area contributed by atoms with Crippen molar-refractivity contribution in [2.24, 2.45) is 0 Å². The molecule has 0 spiro atoms. The SMILES string of the molecule is COC1CCN(CCC(F)COc2ccc(C=C3CCC3)c(C(=O)N(C)C3CCC(=O)NC3=O)c2)CC1. The van der Waals surface area contributed by atoms with E-state index in [0.717, 1.165) is 50.8 Å². The molecule has 202 valence electrons. The second kappa shape index (κ2) is 12.6.